The molecular formula is C22H25NaO10S2. The summed E-state index contributed by atoms with van der Waals surface area (Å²) in [6.45, 7) is 3.76. The molecule has 0 saturated carbocycles. The van der Waals surface area contributed by atoms with Crippen LogP contribution in [0.1, 0.15) is 58.5 Å². The first-order valence-corrected chi connectivity index (χ1v) is 14.6. The van der Waals surface area contributed by atoms with Gasteiger partial charge >= 0.3 is 223 Å². The maximum atomic E-state index is 13.0. The summed E-state index contributed by atoms with van der Waals surface area (Å²) in [5.74, 6) is -2.35. The number of ether oxygens (including phenoxy) is 2. The quantitative estimate of drug-likeness (QED) is 0.276. The summed E-state index contributed by atoms with van der Waals surface area (Å²) in [6.07, 6.45) is 2.09. The van der Waals surface area contributed by atoms with Gasteiger partial charge in [-0.2, -0.15) is 0 Å². The second-order valence-electron chi connectivity index (χ2n) is 7.79. The van der Waals surface area contributed by atoms with E-state index in [9.17, 15) is 35.5 Å². The number of esters is 2. The molecule has 0 atom stereocenters. The Kier molecular flexibility index (Phi) is 9.67. The van der Waals surface area contributed by atoms with Gasteiger partial charge in [0.1, 0.15) is 0 Å². The van der Waals surface area contributed by atoms with Crippen LogP contribution in [-0.4, -0.2) is 80.0 Å². The number of methoxy groups -OCH3 is 2. The Labute approximate surface area is 221 Å². The Balaban J connectivity index is 3.49. The average Bonchev–Trinajstić information content (AvgIpc) is 2.76. The minimum absolute atomic E-state index is 0.154. The zero-order chi connectivity index (χ0) is 26.7. The van der Waals surface area contributed by atoms with Crippen molar-refractivity contribution in [3.63, 3.8) is 0 Å². The van der Waals surface area contributed by atoms with E-state index >= 15 is 0 Å². The second-order valence-corrected chi connectivity index (χ2v) is 11.5. The van der Waals surface area contributed by atoms with E-state index in [0.717, 1.165) is 14.2 Å². The van der Waals surface area contributed by atoms with Crippen molar-refractivity contribution in [1.82, 2.24) is 0 Å². The molecule has 0 saturated heterocycles. The summed E-state index contributed by atoms with van der Waals surface area (Å²) in [6, 6.07) is 5.14. The van der Waals surface area contributed by atoms with Gasteiger partial charge in [0.2, 0.25) is 0 Å². The molecule has 0 amide bonds. The van der Waals surface area contributed by atoms with Crippen LogP contribution in [0.25, 0.3) is 11.1 Å². The van der Waals surface area contributed by atoms with Gasteiger partial charge in [0.15, 0.2) is 0 Å². The van der Waals surface area contributed by atoms with Crippen LogP contribution in [0.4, 0.5) is 0 Å². The van der Waals surface area contributed by atoms with Gasteiger partial charge in [-0.1, -0.05) is 0 Å². The molecule has 2 N–H and O–H groups in total. The van der Waals surface area contributed by atoms with Crippen LogP contribution in [0.2, 0.25) is 0 Å². The van der Waals surface area contributed by atoms with Crippen LogP contribution in [-0.2, 0) is 42.6 Å². The van der Waals surface area contributed by atoms with Crippen LogP contribution in [0.5, 0.6) is 0 Å². The molecule has 0 aliphatic rings. The predicted octanol–water partition coefficient (Wildman–Crippen LogP) is 2.12. The molecule has 10 nitrogen and oxygen atoms in total. The molecule has 2 rings (SSSR count). The molecule has 0 aromatic heterocycles. The van der Waals surface area contributed by atoms with Crippen molar-refractivity contribution in [2.45, 2.75) is 49.3 Å². The summed E-state index contributed by atoms with van der Waals surface area (Å²) < 4.78 is 80.3. The molecule has 0 unspecified atom stereocenters. The standard InChI is InChI=1S/C22H25O10S2.Na/c1-5-8-13-10-7-11-14(9-6-2)17(13)18-15(21(23)31-3)12-16(22(24)32-4)19(33(25,26)27)20(18)34(28,29)30;/h7,10-11H,5-6,8-9H2,1-4H3,(H,25,26,27)(H,28,29,30);. The molecule has 0 radical (unpaired) electrons. The van der Waals surface area contributed by atoms with E-state index in [0.29, 0.717) is 36.8 Å². The molecule has 0 aliphatic carbocycles. The SMILES string of the molecule is CCCc1cccc(CCC)c1-c1c(C(=O)OC)[c]([Na])c(C(=O)OC)c(S(=O)(=O)O)c1S(=O)(=O)O. The van der Waals surface area contributed by atoms with Crippen LogP contribution < -0.4 is 2.81 Å². The zero-order valence-corrected chi connectivity index (χ0v) is 23.7. The number of carbonyl (C=O) groups excluding carboxylic acids is 2. The van der Waals surface area contributed by atoms with Gasteiger partial charge < -0.3 is 0 Å². The third kappa shape index (κ3) is 5.96. The first kappa shape index (κ1) is 29.4. The number of benzene rings is 2. The van der Waals surface area contributed by atoms with Crippen molar-refractivity contribution in [2.24, 2.45) is 0 Å². The summed E-state index contributed by atoms with van der Waals surface area (Å²) in [4.78, 5) is 23.0. The molecule has 0 aliphatic heterocycles. The van der Waals surface area contributed by atoms with E-state index in [4.69, 9.17) is 4.74 Å². The van der Waals surface area contributed by atoms with Gasteiger partial charge in [-0.3, -0.25) is 0 Å². The Morgan fingerprint density at radius 3 is 1.60 bits per heavy atom. The van der Waals surface area contributed by atoms with Crippen LogP contribution in [0, 0.1) is 0 Å². The second kappa shape index (κ2) is 11.5. The molecule has 0 spiro atoms. The molecule has 35 heavy (non-hydrogen) atoms. The molecule has 0 fully saturated rings. The number of aryl methyl sites for hydroxylation is 2. The zero-order valence-electron chi connectivity index (χ0n) is 20.0. The fourth-order valence-electron chi connectivity index (χ4n) is 4.19. The Morgan fingerprint density at radius 1 is 0.800 bits per heavy atom. The molecule has 13 heteroatoms. The summed E-state index contributed by atoms with van der Waals surface area (Å²) in [5.41, 5.74) is -0.271. The Bertz CT molecular complexity index is 1360. The van der Waals surface area contributed by atoms with Crippen LogP contribution >= 0.6 is 0 Å². The van der Waals surface area contributed by atoms with Crippen molar-refractivity contribution in [3.8, 4) is 11.1 Å². The molecule has 186 valence electrons. The number of hydrogen-bond acceptors (Lipinski definition) is 8. The summed E-state index contributed by atoms with van der Waals surface area (Å²) in [7, 11) is -8.90. The van der Waals surface area contributed by atoms with E-state index in [2.05, 4.69) is 4.74 Å². The van der Waals surface area contributed by atoms with E-state index < -0.39 is 53.1 Å². The van der Waals surface area contributed by atoms with Crippen molar-refractivity contribution in [1.29, 1.82) is 0 Å². The normalized spacial score (nSPS) is 11.9. The monoisotopic (exact) mass is 536 g/mol. The van der Waals surface area contributed by atoms with Gasteiger partial charge in [0.05, 0.1) is 0 Å². The number of rotatable bonds is 9. The van der Waals surface area contributed by atoms with E-state index in [1.165, 1.54) is 0 Å². The maximum absolute atomic E-state index is 13.0. The van der Waals surface area contributed by atoms with Crippen LogP contribution in [0.15, 0.2) is 28.0 Å². The minimum atomic E-state index is -5.44. The topological polar surface area (TPSA) is 161 Å². The Hall–Kier alpha value is -1.80. The van der Waals surface area contributed by atoms with Crippen molar-refractivity contribution >= 4 is 62.9 Å². The van der Waals surface area contributed by atoms with Gasteiger partial charge in [0.25, 0.3) is 0 Å². The fraction of sp³-hybridized carbons (Fsp3) is 0.364. The van der Waals surface area contributed by atoms with E-state index in [1.807, 2.05) is 13.8 Å². The summed E-state index contributed by atoms with van der Waals surface area (Å²) in [5, 5.41) is 0. The van der Waals surface area contributed by atoms with Gasteiger partial charge in [0, 0.05) is 0 Å². The molecule has 0 heterocycles. The first-order valence-electron chi connectivity index (χ1n) is 10.7. The Morgan fingerprint density at radius 2 is 1.23 bits per heavy atom. The summed E-state index contributed by atoms with van der Waals surface area (Å²) >= 11 is -0.154. The predicted molar refractivity (Wildman–Crippen MR) is 128 cm³/mol. The van der Waals surface area contributed by atoms with Crippen molar-refractivity contribution in [2.75, 3.05) is 14.2 Å². The van der Waals surface area contributed by atoms with Crippen molar-refractivity contribution in [3.05, 3.63) is 40.5 Å². The van der Waals surface area contributed by atoms with E-state index in [-0.39, 0.29) is 41.9 Å². The first-order chi connectivity index (χ1) is 16.3. The third-order valence-electron chi connectivity index (χ3n) is 5.48. The van der Waals surface area contributed by atoms with Gasteiger partial charge in [-0.25, -0.2) is 0 Å². The van der Waals surface area contributed by atoms with Gasteiger partial charge in [-0.05, 0) is 0 Å². The molecule has 2 aromatic carbocycles. The van der Waals surface area contributed by atoms with Crippen LogP contribution in [0.3, 0.4) is 0 Å². The molecule has 0 bridgehead atoms. The fourth-order valence-corrected chi connectivity index (χ4v) is 7.54. The molecule has 2 aromatic rings. The molecular weight excluding hydrogens is 511 g/mol. The van der Waals surface area contributed by atoms with Crippen molar-refractivity contribution < 1.29 is 45.0 Å². The van der Waals surface area contributed by atoms with E-state index in [1.54, 1.807) is 18.2 Å². The third-order valence-corrected chi connectivity index (χ3v) is 8.46. The number of hydrogen-bond donors (Lipinski definition) is 2. The van der Waals surface area contributed by atoms with Gasteiger partial charge in [-0.15, -0.1) is 0 Å². The average molecular weight is 537 g/mol. The number of carbonyl (C=O) groups is 2.